The molecule has 0 aromatic heterocycles. The van der Waals surface area contributed by atoms with Crippen LogP contribution < -0.4 is 4.43 Å². The molecule has 2 heteroatoms. The minimum atomic E-state index is 0.774. The topological polar surface area (TPSA) is 9.23 Å². The lowest BCUT2D eigenvalue weighted by molar-refractivity contribution is 0.616. The van der Waals surface area contributed by atoms with E-state index in [2.05, 4.69) is 6.92 Å². The van der Waals surface area contributed by atoms with Gasteiger partial charge in [-0.2, -0.15) is 0 Å². The molecule has 0 atom stereocenters. The van der Waals surface area contributed by atoms with Gasteiger partial charge in [-0.15, -0.1) is 0 Å². The van der Waals surface area contributed by atoms with Crippen molar-refractivity contribution in [3.05, 3.63) is 29.8 Å². The van der Waals surface area contributed by atoms with E-state index in [1.54, 1.807) is 0 Å². The Balaban J connectivity index is 2.88. The highest BCUT2D eigenvalue weighted by molar-refractivity contribution is 5.99. The Labute approximate surface area is 58.2 Å². The first-order valence-corrected chi connectivity index (χ1v) is 3.75. The third kappa shape index (κ3) is 1.57. The van der Waals surface area contributed by atoms with Gasteiger partial charge >= 0.3 is 0 Å². The number of aryl methyl sites for hydroxylation is 1. The average molecular weight is 138 g/mol. The highest BCUT2D eigenvalue weighted by Crippen LogP contribution is 2.09. The number of rotatable bonds is 1. The number of hydrogen-bond acceptors (Lipinski definition) is 1. The summed E-state index contributed by atoms with van der Waals surface area (Å²) in [6.45, 7) is 2.07. The fourth-order valence-electron chi connectivity index (χ4n) is 0.674. The van der Waals surface area contributed by atoms with E-state index in [1.165, 1.54) is 5.56 Å². The van der Waals surface area contributed by atoms with Crippen molar-refractivity contribution in [3.63, 3.8) is 0 Å². The fraction of sp³-hybridized carbons (Fsp3) is 0.143. The molecule has 0 fully saturated rings. The van der Waals surface area contributed by atoms with Gasteiger partial charge in [-0.1, -0.05) is 17.7 Å². The molecule has 0 heterocycles. The fourth-order valence-corrected chi connectivity index (χ4v) is 0.947. The molecule has 0 saturated carbocycles. The second-order valence-electron chi connectivity index (χ2n) is 2.02. The Hall–Kier alpha value is -0.763. The Morgan fingerprint density at radius 1 is 1.22 bits per heavy atom. The second kappa shape index (κ2) is 2.69. The van der Waals surface area contributed by atoms with Crippen LogP contribution in [0.5, 0.6) is 5.75 Å². The molecule has 0 amide bonds. The summed E-state index contributed by atoms with van der Waals surface area (Å²) in [5.74, 6) is 0.979. The van der Waals surface area contributed by atoms with Crippen molar-refractivity contribution in [1.29, 1.82) is 0 Å². The van der Waals surface area contributed by atoms with Crippen LogP contribution in [0.15, 0.2) is 24.3 Å². The molecule has 0 aliphatic heterocycles. The summed E-state index contributed by atoms with van der Waals surface area (Å²) in [5, 5.41) is 0. The summed E-state index contributed by atoms with van der Waals surface area (Å²) in [5.41, 5.74) is 1.28. The van der Waals surface area contributed by atoms with Gasteiger partial charge in [0.25, 0.3) is 0 Å². The summed E-state index contributed by atoms with van der Waals surface area (Å²) >= 11 is 0. The molecule has 0 bridgehead atoms. The summed E-state index contributed by atoms with van der Waals surface area (Å²) in [6, 6.07) is 8.07. The van der Waals surface area contributed by atoms with E-state index < -0.39 is 0 Å². The number of hydrogen-bond donors (Lipinski definition) is 0. The Morgan fingerprint density at radius 2 is 1.78 bits per heavy atom. The standard InChI is InChI=1S/C7H10OSi/c1-6-2-4-7(8-9)5-3-6/h2-5H,1,9H3. The van der Waals surface area contributed by atoms with Gasteiger partial charge in [0.1, 0.15) is 5.75 Å². The molecule has 0 spiro atoms. The van der Waals surface area contributed by atoms with Crippen molar-refractivity contribution in [2.75, 3.05) is 0 Å². The summed E-state index contributed by atoms with van der Waals surface area (Å²) in [7, 11) is 0.774. The van der Waals surface area contributed by atoms with Gasteiger partial charge in [0.15, 0.2) is 0 Å². The Bertz CT molecular complexity index is 181. The van der Waals surface area contributed by atoms with Crippen LogP contribution in [0.4, 0.5) is 0 Å². The second-order valence-corrected chi connectivity index (χ2v) is 2.43. The van der Waals surface area contributed by atoms with Gasteiger partial charge in [0, 0.05) is 0 Å². The smallest absolute Gasteiger partial charge is 0.204 e. The molecule has 0 N–H and O–H groups in total. The van der Waals surface area contributed by atoms with E-state index in [0.29, 0.717) is 0 Å². The van der Waals surface area contributed by atoms with E-state index in [-0.39, 0.29) is 0 Å². The zero-order valence-electron chi connectivity index (χ0n) is 5.72. The number of benzene rings is 1. The van der Waals surface area contributed by atoms with Crippen molar-refractivity contribution in [2.24, 2.45) is 0 Å². The summed E-state index contributed by atoms with van der Waals surface area (Å²) in [4.78, 5) is 0. The third-order valence-electron chi connectivity index (χ3n) is 1.26. The molecule has 0 aliphatic carbocycles. The minimum absolute atomic E-state index is 0.774. The third-order valence-corrected chi connectivity index (χ3v) is 1.73. The van der Waals surface area contributed by atoms with Crippen molar-refractivity contribution in [3.8, 4) is 5.75 Å². The van der Waals surface area contributed by atoms with E-state index in [9.17, 15) is 0 Å². The highest BCUT2D eigenvalue weighted by atomic mass is 28.2. The van der Waals surface area contributed by atoms with E-state index in [4.69, 9.17) is 4.43 Å². The van der Waals surface area contributed by atoms with Crippen LogP contribution in [0.2, 0.25) is 0 Å². The first kappa shape index (κ1) is 6.36. The maximum Gasteiger partial charge on any atom is 0.204 e. The van der Waals surface area contributed by atoms with Crippen LogP contribution in [-0.2, 0) is 0 Å². The molecule has 1 nitrogen and oxygen atoms in total. The highest BCUT2D eigenvalue weighted by Gasteiger charge is 1.85. The molecule has 1 aromatic rings. The van der Waals surface area contributed by atoms with E-state index in [1.807, 2.05) is 24.3 Å². The summed E-state index contributed by atoms with van der Waals surface area (Å²) in [6.07, 6.45) is 0. The minimum Gasteiger partial charge on any atom is -0.553 e. The molecule has 48 valence electrons. The van der Waals surface area contributed by atoms with Crippen LogP contribution in [0.3, 0.4) is 0 Å². The SMILES string of the molecule is Cc1ccc(O[SiH3])cc1. The zero-order chi connectivity index (χ0) is 6.69. The molecule has 9 heavy (non-hydrogen) atoms. The average Bonchev–Trinajstić information content (AvgIpc) is 1.90. The Morgan fingerprint density at radius 3 is 2.22 bits per heavy atom. The molecule has 0 saturated heterocycles. The van der Waals surface area contributed by atoms with Crippen molar-refractivity contribution >= 4 is 10.5 Å². The van der Waals surface area contributed by atoms with E-state index in [0.717, 1.165) is 16.2 Å². The van der Waals surface area contributed by atoms with Crippen LogP contribution in [0.1, 0.15) is 5.56 Å². The van der Waals surface area contributed by atoms with Crippen molar-refractivity contribution < 1.29 is 4.43 Å². The molecule has 0 aliphatic rings. The molecule has 0 radical (unpaired) electrons. The molecular weight excluding hydrogens is 128 g/mol. The van der Waals surface area contributed by atoms with Gasteiger partial charge in [0.2, 0.25) is 10.5 Å². The van der Waals surface area contributed by atoms with E-state index >= 15 is 0 Å². The molecular formula is C7H10OSi. The van der Waals surface area contributed by atoms with Crippen molar-refractivity contribution in [2.45, 2.75) is 6.92 Å². The maximum atomic E-state index is 5.11. The zero-order valence-corrected chi connectivity index (χ0v) is 7.72. The lowest BCUT2D eigenvalue weighted by Gasteiger charge is -1.98. The lowest BCUT2D eigenvalue weighted by atomic mass is 10.2. The first-order valence-electron chi connectivity index (χ1n) is 2.93. The van der Waals surface area contributed by atoms with Crippen LogP contribution in [-0.4, -0.2) is 10.5 Å². The predicted molar refractivity (Wildman–Crippen MR) is 41.7 cm³/mol. The van der Waals surface area contributed by atoms with Gasteiger partial charge in [-0.05, 0) is 19.1 Å². The Kier molecular flexibility index (Phi) is 1.90. The molecule has 0 unspecified atom stereocenters. The normalized spacial score (nSPS) is 9.44. The quantitative estimate of drug-likeness (QED) is 0.518. The van der Waals surface area contributed by atoms with Crippen LogP contribution >= 0.6 is 0 Å². The van der Waals surface area contributed by atoms with Crippen LogP contribution in [0.25, 0.3) is 0 Å². The van der Waals surface area contributed by atoms with Gasteiger partial charge < -0.3 is 4.43 Å². The van der Waals surface area contributed by atoms with Crippen molar-refractivity contribution in [1.82, 2.24) is 0 Å². The maximum absolute atomic E-state index is 5.11. The molecule has 1 aromatic carbocycles. The first-order chi connectivity index (χ1) is 4.33. The molecule has 1 rings (SSSR count). The lowest BCUT2D eigenvalue weighted by Crippen LogP contribution is -1.83. The van der Waals surface area contributed by atoms with Gasteiger partial charge in [-0.25, -0.2) is 0 Å². The van der Waals surface area contributed by atoms with Gasteiger partial charge in [-0.3, -0.25) is 0 Å². The van der Waals surface area contributed by atoms with Gasteiger partial charge in [0.05, 0.1) is 0 Å². The predicted octanol–water partition coefficient (Wildman–Crippen LogP) is 0.654. The summed E-state index contributed by atoms with van der Waals surface area (Å²) < 4.78 is 5.11. The monoisotopic (exact) mass is 138 g/mol. The van der Waals surface area contributed by atoms with Crippen LogP contribution in [0, 0.1) is 6.92 Å². The largest absolute Gasteiger partial charge is 0.553 e.